The number of anilines is 3. The van der Waals surface area contributed by atoms with Crippen molar-refractivity contribution in [3.8, 4) is 44.6 Å². The van der Waals surface area contributed by atoms with E-state index in [-0.39, 0.29) is 0 Å². The molecule has 0 aliphatic heterocycles. The van der Waals surface area contributed by atoms with Gasteiger partial charge < -0.3 is 4.90 Å². The zero-order chi connectivity index (χ0) is 31.3. The molecule has 0 aliphatic carbocycles. The molecule has 0 aliphatic rings. The van der Waals surface area contributed by atoms with Crippen LogP contribution in [0.15, 0.2) is 176 Å². The first-order valence-electron chi connectivity index (χ1n) is 15.9. The summed E-state index contributed by atoms with van der Waals surface area (Å²) in [5.41, 5.74) is 13.9. The van der Waals surface area contributed by atoms with Gasteiger partial charge in [0.05, 0.1) is 5.69 Å². The summed E-state index contributed by atoms with van der Waals surface area (Å²) in [6.07, 6.45) is 1.87. The minimum atomic E-state index is 0.390. The maximum atomic E-state index is 4.71. The van der Waals surface area contributed by atoms with Crippen molar-refractivity contribution in [1.29, 1.82) is 0 Å². The molecular weight excluding hydrogens is 556 g/mol. The molecule has 0 fully saturated rings. The van der Waals surface area contributed by atoms with Crippen LogP contribution in [0.4, 0.5) is 17.1 Å². The second-order valence-corrected chi connectivity index (χ2v) is 11.9. The Kier molecular flexibility index (Phi) is 8.26. The third-order valence-corrected chi connectivity index (χ3v) is 8.46. The summed E-state index contributed by atoms with van der Waals surface area (Å²) < 4.78 is 0. The fourth-order valence-corrected chi connectivity index (χ4v) is 6.17. The van der Waals surface area contributed by atoms with Gasteiger partial charge in [-0.25, -0.2) is 0 Å². The van der Waals surface area contributed by atoms with Crippen molar-refractivity contribution in [3.05, 3.63) is 182 Å². The van der Waals surface area contributed by atoms with Gasteiger partial charge in [0.2, 0.25) is 0 Å². The fourth-order valence-electron chi connectivity index (χ4n) is 6.17. The molecule has 0 atom stereocenters. The Hall–Kier alpha value is -5.73. The Labute approximate surface area is 272 Å². The molecule has 0 amide bonds. The molecule has 0 saturated heterocycles. The topological polar surface area (TPSA) is 16.1 Å². The van der Waals surface area contributed by atoms with Gasteiger partial charge in [0, 0.05) is 28.8 Å². The lowest BCUT2D eigenvalue weighted by atomic mass is 9.91. The second kappa shape index (κ2) is 13.1. The van der Waals surface area contributed by atoms with Gasteiger partial charge in [0.15, 0.2) is 0 Å². The van der Waals surface area contributed by atoms with Crippen molar-refractivity contribution >= 4 is 17.1 Å². The van der Waals surface area contributed by atoms with Gasteiger partial charge in [0.25, 0.3) is 0 Å². The van der Waals surface area contributed by atoms with Gasteiger partial charge in [-0.3, -0.25) is 4.98 Å². The first kappa shape index (κ1) is 29.0. The standard InChI is InChI=1S/C44H36N2/c1-32(2)42-25-24-36(31-43(42)44-23-12-13-26-45-44)35-19-14-22-40(28-35)46(39-20-10-5-11-21-39)41-29-37(33-15-6-3-7-16-33)27-38(30-41)34-17-8-4-9-18-34/h3-32H,1-2H3. The van der Waals surface area contributed by atoms with Crippen molar-refractivity contribution in [3.63, 3.8) is 0 Å². The van der Waals surface area contributed by atoms with E-state index in [1.54, 1.807) is 0 Å². The molecule has 46 heavy (non-hydrogen) atoms. The van der Waals surface area contributed by atoms with E-state index in [1.165, 1.54) is 38.9 Å². The molecule has 2 nitrogen and oxygen atoms in total. The van der Waals surface area contributed by atoms with E-state index in [2.05, 4.69) is 183 Å². The molecule has 1 heterocycles. The molecule has 1 aromatic heterocycles. The van der Waals surface area contributed by atoms with Crippen LogP contribution >= 0.6 is 0 Å². The molecule has 0 spiro atoms. The van der Waals surface area contributed by atoms with Crippen LogP contribution in [0.1, 0.15) is 25.3 Å². The van der Waals surface area contributed by atoms with E-state index in [9.17, 15) is 0 Å². The Bertz CT molecular complexity index is 1990. The Morgan fingerprint density at radius 3 is 1.57 bits per heavy atom. The third-order valence-electron chi connectivity index (χ3n) is 8.46. The largest absolute Gasteiger partial charge is 0.310 e. The summed E-state index contributed by atoms with van der Waals surface area (Å²) in [5, 5.41) is 0. The number of nitrogens with zero attached hydrogens (tertiary/aromatic N) is 2. The smallest absolute Gasteiger partial charge is 0.0705 e. The SMILES string of the molecule is CC(C)c1ccc(-c2cccc(N(c3ccccc3)c3cc(-c4ccccc4)cc(-c4ccccc4)c3)c2)cc1-c1ccccn1. The third kappa shape index (κ3) is 6.11. The molecule has 7 aromatic rings. The number of hydrogen-bond acceptors (Lipinski definition) is 2. The predicted molar refractivity (Wildman–Crippen MR) is 195 cm³/mol. The van der Waals surface area contributed by atoms with Crippen LogP contribution in [0.3, 0.4) is 0 Å². The lowest BCUT2D eigenvalue weighted by molar-refractivity contribution is 0.868. The number of hydrogen-bond donors (Lipinski definition) is 0. The van der Waals surface area contributed by atoms with E-state index in [1.807, 2.05) is 12.3 Å². The average molecular weight is 593 g/mol. The zero-order valence-corrected chi connectivity index (χ0v) is 26.2. The fraction of sp³-hybridized carbons (Fsp3) is 0.0682. The highest BCUT2D eigenvalue weighted by atomic mass is 15.1. The maximum absolute atomic E-state index is 4.71. The van der Waals surface area contributed by atoms with E-state index in [0.717, 1.165) is 28.3 Å². The minimum Gasteiger partial charge on any atom is -0.310 e. The van der Waals surface area contributed by atoms with E-state index in [0.29, 0.717) is 5.92 Å². The van der Waals surface area contributed by atoms with Gasteiger partial charge in [-0.05, 0) is 106 Å². The number of pyridine rings is 1. The second-order valence-electron chi connectivity index (χ2n) is 11.9. The average Bonchev–Trinajstić information content (AvgIpc) is 3.13. The van der Waals surface area contributed by atoms with E-state index >= 15 is 0 Å². The quantitative estimate of drug-likeness (QED) is 0.174. The molecule has 0 radical (unpaired) electrons. The molecule has 0 unspecified atom stereocenters. The summed E-state index contributed by atoms with van der Waals surface area (Å²) in [4.78, 5) is 7.08. The molecular formula is C44H36N2. The van der Waals surface area contributed by atoms with Crippen LogP contribution in [-0.4, -0.2) is 4.98 Å². The molecule has 7 rings (SSSR count). The van der Waals surface area contributed by atoms with Gasteiger partial charge in [-0.1, -0.05) is 123 Å². The minimum absolute atomic E-state index is 0.390. The molecule has 222 valence electrons. The first-order valence-corrected chi connectivity index (χ1v) is 15.9. The van der Waals surface area contributed by atoms with E-state index in [4.69, 9.17) is 4.98 Å². The van der Waals surface area contributed by atoms with Crippen molar-refractivity contribution in [2.24, 2.45) is 0 Å². The molecule has 0 saturated carbocycles. The van der Waals surface area contributed by atoms with Crippen LogP contribution < -0.4 is 4.90 Å². The lowest BCUT2D eigenvalue weighted by Gasteiger charge is -2.27. The van der Waals surface area contributed by atoms with Gasteiger partial charge in [0.1, 0.15) is 0 Å². The maximum Gasteiger partial charge on any atom is 0.0705 e. The van der Waals surface area contributed by atoms with Gasteiger partial charge >= 0.3 is 0 Å². The highest BCUT2D eigenvalue weighted by Gasteiger charge is 2.17. The summed E-state index contributed by atoms with van der Waals surface area (Å²) in [7, 11) is 0. The predicted octanol–water partition coefficient (Wildman–Crippen LogP) is 12.3. The van der Waals surface area contributed by atoms with Crippen molar-refractivity contribution in [2.45, 2.75) is 19.8 Å². The Morgan fingerprint density at radius 1 is 0.413 bits per heavy atom. The van der Waals surface area contributed by atoms with Crippen LogP contribution in [0, 0.1) is 0 Å². The van der Waals surface area contributed by atoms with Crippen LogP contribution in [0.2, 0.25) is 0 Å². The van der Waals surface area contributed by atoms with Crippen LogP contribution in [-0.2, 0) is 0 Å². The first-order chi connectivity index (χ1) is 22.6. The van der Waals surface area contributed by atoms with Gasteiger partial charge in [-0.15, -0.1) is 0 Å². The number of rotatable bonds is 8. The highest BCUT2D eigenvalue weighted by molar-refractivity contribution is 5.86. The monoisotopic (exact) mass is 592 g/mol. The van der Waals surface area contributed by atoms with Crippen LogP contribution in [0.25, 0.3) is 44.6 Å². The normalized spacial score (nSPS) is 11.0. The molecule has 0 N–H and O–H groups in total. The lowest BCUT2D eigenvalue weighted by Crippen LogP contribution is -2.10. The summed E-state index contributed by atoms with van der Waals surface area (Å²) in [6.45, 7) is 4.49. The van der Waals surface area contributed by atoms with Gasteiger partial charge in [-0.2, -0.15) is 0 Å². The van der Waals surface area contributed by atoms with E-state index < -0.39 is 0 Å². The van der Waals surface area contributed by atoms with Crippen LogP contribution in [0.5, 0.6) is 0 Å². The molecule has 2 heteroatoms. The highest BCUT2D eigenvalue weighted by Crippen LogP contribution is 2.41. The zero-order valence-electron chi connectivity index (χ0n) is 26.2. The summed E-state index contributed by atoms with van der Waals surface area (Å²) in [5.74, 6) is 0.390. The number of benzene rings is 6. The molecule has 6 aromatic carbocycles. The molecule has 0 bridgehead atoms. The number of para-hydroxylation sites is 1. The Morgan fingerprint density at radius 2 is 0.957 bits per heavy atom. The summed E-state index contributed by atoms with van der Waals surface area (Å²) >= 11 is 0. The van der Waals surface area contributed by atoms with Crippen molar-refractivity contribution in [2.75, 3.05) is 4.90 Å². The Balaban J connectivity index is 1.39. The van der Waals surface area contributed by atoms with Crippen molar-refractivity contribution < 1.29 is 0 Å². The van der Waals surface area contributed by atoms with Crippen molar-refractivity contribution in [1.82, 2.24) is 4.98 Å². The summed E-state index contributed by atoms with van der Waals surface area (Å²) in [6, 6.07) is 60.6. The number of aromatic nitrogens is 1.